The van der Waals surface area contributed by atoms with E-state index in [1.54, 1.807) is 6.07 Å². The van der Waals surface area contributed by atoms with Crippen molar-refractivity contribution in [3.8, 4) is 0 Å². The standard InChI is InChI=1S/C11H9N3O2S2.C2H6/c12-5-1-2-6-8(3-5)18-10(13-6)9-14-7(4-17-9)11(15)16;1-2/h1-3,7H,4,12H2,(H,15,16);1-2H3. The summed E-state index contributed by atoms with van der Waals surface area (Å²) in [6, 6.07) is 4.88. The van der Waals surface area contributed by atoms with Crippen molar-refractivity contribution in [2.75, 3.05) is 11.5 Å². The molecule has 3 N–H and O–H groups in total. The Morgan fingerprint density at radius 3 is 2.85 bits per heavy atom. The number of aliphatic imine (C=N–C) groups is 1. The highest BCUT2D eigenvalue weighted by atomic mass is 32.2. The van der Waals surface area contributed by atoms with Crippen LogP contribution in [0.5, 0.6) is 0 Å². The Labute approximate surface area is 124 Å². The van der Waals surface area contributed by atoms with Crippen molar-refractivity contribution in [2.45, 2.75) is 19.9 Å². The van der Waals surface area contributed by atoms with E-state index in [0.29, 0.717) is 16.5 Å². The van der Waals surface area contributed by atoms with Crippen LogP contribution in [-0.2, 0) is 4.79 Å². The highest BCUT2D eigenvalue weighted by Gasteiger charge is 2.26. The molecule has 0 spiro atoms. The number of carboxylic acid groups (broad SMARTS) is 1. The van der Waals surface area contributed by atoms with E-state index in [1.165, 1.54) is 23.1 Å². The number of nitrogens with two attached hydrogens (primary N) is 1. The van der Waals surface area contributed by atoms with Crippen LogP contribution in [0.25, 0.3) is 10.2 Å². The molecule has 1 unspecified atom stereocenters. The van der Waals surface area contributed by atoms with E-state index in [4.69, 9.17) is 10.8 Å². The molecule has 2 aromatic rings. The molecule has 0 saturated heterocycles. The Kier molecular flexibility index (Phi) is 4.61. The van der Waals surface area contributed by atoms with Gasteiger partial charge in [0.05, 0.1) is 10.2 Å². The quantitative estimate of drug-likeness (QED) is 0.833. The van der Waals surface area contributed by atoms with Crippen LogP contribution in [0.2, 0.25) is 0 Å². The van der Waals surface area contributed by atoms with Crippen LogP contribution in [0.1, 0.15) is 18.9 Å². The molecule has 0 radical (unpaired) electrons. The topological polar surface area (TPSA) is 88.6 Å². The largest absolute Gasteiger partial charge is 0.480 e. The SMILES string of the molecule is CC.Nc1ccc2nc(C3=NC(C(=O)O)CS3)sc2c1. The lowest BCUT2D eigenvalue weighted by atomic mass is 10.3. The summed E-state index contributed by atoms with van der Waals surface area (Å²) in [4.78, 5) is 19.5. The van der Waals surface area contributed by atoms with Crippen LogP contribution in [0.4, 0.5) is 5.69 Å². The second-order valence-corrected chi connectivity index (χ2v) is 5.88. The summed E-state index contributed by atoms with van der Waals surface area (Å²) in [5.74, 6) is -0.411. The number of rotatable bonds is 2. The zero-order chi connectivity index (χ0) is 14.7. The number of nitrogens with zero attached hydrogens (tertiary/aromatic N) is 2. The lowest BCUT2D eigenvalue weighted by Gasteiger charge is -1.93. The Bertz CT molecular complexity index is 667. The third-order valence-electron chi connectivity index (χ3n) is 2.53. The number of aliphatic carboxylic acids is 1. The molecule has 5 nitrogen and oxygen atoms in total. The Morgan fingerprint density at radius 2 is 2.20 bits per heavy atom. The summed E-state index contributed by atoms with van der Waals surface area (Å²) >= 11 is 2.92. The molecule has 106 valence electrons. The van der Waals surface area contributed by atoms with Crippen LogP contribution in [-0.4, -0.2) is 32.9 Å². The second kappa shape index (κ2) is 6.23. The number of aromatic nitrogens is 1. The molecule has 0 saturated carbocycles. The predicted molar refractivity (Wildman–Crippen MR) is 85.8 cm³/mol. The first-order valence-electron chi connectivity index (χ1n) is 6.23. The smallest absolute Gasteiger partial charge is 0.329 e. The number of thiazole rings is 1. The summed E-state index contributed by atoms with van der Waals surface area (Å²) in [5.41, 5.74) is 7.28. The first-order chi connectivity index (χ1) is 9.63. The highest BCUT2D eigenvalue weighted by Crippen LogP contribution is 2.30. The van der Waals surface area contributed by atoms with Crippen molar-refractivity contribution in [1.29, 1.82) is 0 Å². The van der Waals surface area contributed by atoms with Gasteiger partial charge in [-0.1, -0.05) is 13.8 Å². The van der Waals surface area contributed by atoms with Gasteiger partial charge in [0.15, 0.2) is 6.04 Å². The van der Waals surface area contributed by atoms with Crippen molar-refractivity contribution in [2.24, 2.45) is 4.99 Å². The normalized spacial score (nSPS) is 17.5. The summed E-state index contributed by atoms with van der Waals surface area (Å²) in [7, 11) is 0. The molecule has 7 heteroatoms. The maximum absolute atomic E-state index is 10.8. The van der Waals surface area contributed by atoms with Crippen molar-refractivity contribution in [3.05, 3.63) is 23.2 Å². The Balaban J connectivity index is 0.000000704. The minimum atomic E-state index is -0.886. The molecule has 0 fully saturated rings. The van der Waals surface area contributed by atoms with Crippen molar-refractivity contribution in [3.63, 3.8) is 0 Å². The molecule has 1 aliphatic rings. The lowest BCUT2D eigenvalue weighted by Crippen LogP contribution is -2.17. The van der Waals surface area contributed by atoms with Gasteiger partial charge < -0.3 is 10.8 Å². The van der Waals surface area contributed by atoms with Gasteiger partial charge in [0.2, 0.25) is 0 Å². The van der Waals surface area contributed by atoms with Gasteiger partial charge in [-0.25, -0.2) is 9.78 Å². The number of anilines is 1. The van der Waals surface area contributed by atoms with Gasteiger partial charge in [0, 0.05) is 11.4 Å². The number of fused-ring (bicyclic) bond motifs is 1. The van der Waals surface area contributed by atoms with Crippen LogP contribution in [0.15, 0.2) is 23.2 Å². The molecule has 1 aliphatic heterocycles. The fraction of sp³-hybridized carbons (Fsp3) is 0.308. The molecule has 2 heterocycles. The van der Waals surface area contributed by atoms with E-state index in [9.17, 15) is 4.79 Å². The van der Waals surface area contributed by atoms with Gasteiger partial charge >= 0.3 is 5.97 Å². The predicted octanol–water partition coefficient (Wildman–Crippen LogP) is 2.85. The maximum atomic E-state index is 10.8. The van der Waals surface area contributed by atoms with Gasteiger partial charge in [0.25, 0.3) is 0 Å². The number of carbonyl (C=O) groups is 1. The molecule has 20 heavy (non-hydrogen) atoms. The van der Waals surface area contributed by atoms with Crippen molar-refractivity contribution < 1.29 is 9.90 Å². The molecule has 0 bridgehead atoms. The van der Waals surface area contributed by atoms with E-state index in [2.05, 4.69) is 9.98 Å². The highest BCUT2D eigenvalue weighted by molar-refractivity contribution is 8.15. The van der Waals surface area contributed by atoms with Gasteiger partial charge in [-0.3, -0.25) is 4.99 Å². The fourth-order valence-electron chi connectivity index (χ4n) is 1.65. The minimum absolute atomic E-state index is 0.475. The zero-order valence-electron chi connectivity index (χ0n) is 11.2. The molecule has 1 aromatic carbocycles. The monoisotopic (exact) mass is 309 g/mol. The van der Waals surface area contributed by atoms with Crippen LogP contribution >= 0.6 is 23.1 Å². The van der Waals surface area contributed by atoms with E-state index >= 15 is 0 Å². The number of hydrogen-bond donors (Lipinski definition) is 2. The minimum Gasteiger partial charge on any atom is -0.480 e. The molecule has 3 rings (SSSR count). The summed E-state index contributed by atoms with van der Waals surface area (Å²) < 4.78 is 0.993. The number of nitrogen functional groups attached to an aromatic ring is 1. The third-order valence-corrected chi connectivity index (χ3v) is 4.74. The lowest BCUT2D eigenvalue weighted by molar-refractivity contribution is -0.137. The molecule has 0 aliphatic carbocycles. The van der Waals surface area contributed by atoms with Crippen LogP contribution in [0.3, 0.4) is 0 Å². The first-order valence-corrected chi connectivity index (χ1v) is 8.03. The van der Waals surface area contributed by atoms with Crippen LogP contribution < -0.4 is 5.73 Å². The third kappa shape index (κ3) is 2.94. The van der Waals surface area contributed by atoms with E-state index in [0.717, 1.165) is 15.2 Å². The molecule has 0 amide bonds. The van der Waals surface area contributed by atoms with E-state index in [-0.39, 0.29) is 0 Å². The zero-order valence-corrected chi connectivity index (χ0v) is 12.8. The van der Waals surface area contributed by atoms with Gasteiger partial charge in [-0.15, -0.1) is 23.1 Å². The summed E-state index contributed by atoms with van der Waals surface area (Å²) in [6.45, 7) is 4.00. The second-order valence-electron chi connectivity index (χ2n) is 3.85. The summed E-state index contributed by atoms with van der Waals surface area (Å²) in [6.07, 6.45) is 0. The molecular weight excluding hydrogens is 294 g/mol. The summed E-state index contributed by atoms with van der Waals surface area (Å²) in [5, 5.41) is 10.4. The average molecular weight is 309 g/mol. The van der Waals surface area contributed by atoms with Crippen LogP contribution in [0, 0.1) is 0 Å². The van der Waals surface area contributed by atoms with E-state index < -0.39 is 12.0 Å². The number of benzene rings is 1. The molecular formula is C13H15N3O2S2. The fourth-order valence-corrected chi connectivity index (χ4v) is 3.76. The Morgan fingerprint density at radius 1 is 1.45 bits per heavy atom. The molecule has 1 aromatic heterocycles. The first kappa shape index (κ1) is 14.8. The number of carboxylic acids is 1. The number of hydrogen-bond acceptors (Lipinski definition) is 6. The molecule has 1 atom stereocenters. The Hall–Kier alpha value is -1.60. The van der Waals surface area contributed by atoms with Crippen molar-refractivity contribution in [1.82, 2.24) is 4.98 Å². The number of thioether (sulfide) groups is 1. The van der Waals surface area contributed by atoms with Gasteiger partial charge in [-0.05, 0) is 18.2 Å². The van der Waals surface area contributed by atoms with Crippen molar-refractivity contribution >= 4 is 50.0 Å². The van der Waals surface area contributed by atoms with Gasteiger partial charge in [0.1, 0.15) is 10.1 Å². The maximum Gasteiger partial charge on any atom is 0.329 e. The van der Waals surface area contributed by atoms with E-state index in [1.807, 2.05) is 26.0 Å². The van der Waals surface area contributed by atoms with Gasteiger partial charge in [-0.2, -0.15) is 0 Å². The average Bonchev–Trinajstić information content (AvgIpc) is 3.06.